The number of hydrogen-bond donors (Lipinski definition) is 0. The fourth-order valence-electron chi connectivity index (χ4n) is 2.79. The van der Waals surface area contributed by atoms with Crippen LogP contribution in [0, 0.1) is 5.82 Å². The lowest BCUT2D eigenvalue weighted by atomic mass is 10.1. The molecule has 0 amide bonds. The quantitative estimate of drug-likeness (QED) is 0.765. The van der Waals surface area contributed by atoms with Gasteiger partial charge in [0, 0.05) is 23.5 Å². The number of ether oxygens (including phenoxy) is 1. The number of hydrogen-bond acceptors (Lipinski definition) is 6. The van der Waals surface area contributed by atoms with E-state index in [0.29, 0.717) is 22.2 Å². The van der Waals surface area contributed by atoms with Gasteiger partial charge in [-0.15, -0.1) is 11.8 Å². The van der Waals surface area contributed by atoms with E-state index in [1.54, 1.807) is 12.1 Å². The molecule has 1 aromatic carbocycles. The van der Waals surface area contributed by atoms with E-state index < -0.39 is 0 Å². The van der Waals surface area contributed by atoms with Crippen LogP contribution in [0.5, 0.6) is 0 Å². The lowest BCUT2D eigenvalue weighted by Crippen LogP contribution is -2.34. The van der Waals surface area contributed by atoms with Gasteiger partial charge in [0.1, 0.15) is 11.9 Å². The van der Waals surface area contributed by atoms with Crippen molar-refractivity contribution in [1.82, 2.24) is 15.0 Å². The molecule has 130 valence electrons. The third-order valence-corrected chi connectivity index (χ3v) is 5.03. The molecule has 1 aromatic heterocycles. The maximum absolute atomic E-state index is 13.9. The summed E-state index contributed by atoms with van der Waals surface area (Å²) in [7, 11) is 2.12. The number of likely N-dealkylation sites (tertiary alicyclic amines) is 1. The van der Waals surface area contributed by atoms with Gasteiger partial charge >= 0.3 is 0 Å². The Kier molecular flexibility index (Phi) is 5.53. The van der Waals surface area contributed by atoms with Gasteiger partial charge in [0.2, 0.25) is 5.82 Å². The highest BCUT2D eigenvalue weighted by Crippen LogP contribution is 2.27. The SMILES string of the molecule is CSc1ccc(-c2noc(C(C)OC3CCN(C)CC3)n2)cc1F. The first kappa shape index (κ1) is 17.4. The van der Waals surface area contributed by atoms with Crippen molar-refractivity contribution in [2.24, 2.45) is 0 Å². The third kappa shape index (κ3) is 3.96. The Labute approximate surface area is 145 Å². The van der Waals surface area contributed by atoms with Gasteiger partial charge < -0.3 is 14.2 Å². The van der Waals surface area contributed by atoms with Crippen molar-refractivity contribution in [3.05, 3.63) is 29.9 Å². The molecule has 1 unspecified atom stereocenters. The van der Waals surface area contributed by atoms with Gasteiger partial charge in [0.15, 0.2) is 0 Å². The molecule has 24 heavy (non-hydrogen) atoms. The van der Waals surface area contributed by atoms with E-state index in [4.69, 9.17) is 9.26 Å². The molecule has 2 heterocycles. The minimum Gasteiger partial charge on any atom is -0.365 e. The molecule has 2 aromatic rings. The number of nitrogens with zero attached hydrogens (tertiary/aromatic N) is 3. The summed E-state index contributed by atoms with van der Waals surface area (Å²) < 4.78 is 25.3. The molecule has 3 rings (SSSR count). The summed E-state index contributed by atoms with van der Waals surface area (Å²) in [6, 6.07) is 4.96. The third-order valence-electron chi connectivity index (χ3n) is 4.26. The van der Waals surface area contributed by atoms with Gasteiger partial charge in [-0.3, -0.25) is 0 Å². The van der Waals surface area contributed by atoms with E-state index in [2.05, 4.69) is 22.1 Å². The number of halogens is 1. The zero-order valence-electron chi connectivity index (χ0n) is 14.2. The number of benzene rings is 1. The lowest BCUT2D eigenvalue weighted by molar-refractivity contribution is -0.0450. The van der Waals surface area contributed by atoms with Gasteiger partial charge in [-0.1, -0.05) is 5.16 Å². The number of aromatic nitrogens is 2. The van der Waals surface area contributed by atoms with Crippen LogP contribution in [-0.2, 0) is 4.74 Å². The molecule has 5 nitrogen and oxygen atoms in total. The molecule has 1 atom stereocenters. The summed E-state index contributed by atoms with van der Waals surface area (Å²) in [5.74, 6) is 0.538. The monoisotopic (exact) mass is 351 g/mol. The Morgan fingerprint density at radius 2 is 2.12 bits per heavy atom. The second-order valence-electron chi connectivity index (χ2n) is 6.09. The van der Waals surface area contributed by atoms with Gasteiger partial charge in [0.05, 0.1) is 6.10 Å². The van der Waals surface area contributed by atoms with Crippen molar-refractivity contribution in [1.29, 1.82) is 0 Å². The molecular weight excluding hydrogens is 329 g/mol. The Balaban J connectivity index is 1.67. The molecule has 0 bridgehead atoms. The molecule has 1 aliphatic rings. The number of piperidine rings is 1. The molecule has 0 saturated carbocycles. The average molecular weight is 351 g/mol. The predicted molar refractivity (Wildman–Crippen MR) is 91.5 cm³/mol. The largest absolute Gasteiger partial charge is 0.365 e. The molecule has 7 heteroatoms. The Bertz CT molecular complexity index is 686. The average Bonchev–Trinajstić information content (AvgIpc) is 3.07. The predicted octanol–water partition coefficient (Wildman–Crippen LogP) is 3.77. The first-order valence-electron chi connectivity index (χ1n) is 8.08. The van der Waals surface area contributed by atoms with Crippen LogP contribution in [0.3, 0.4) is 0 Å². The van der Waals surface area contributed by atoms with Gasteiger partial charge in [-0.05, 0) is 51.3 Å². The van der Waals surface area contributed by atoms with E-state index in [0.717, 1.165) is 25.9 Å². The van der Waals surface area contributed by atoms with Crippen LogP contribution in [0.2, 0.25) is 0 Å². The van der Waals surface area contributed by atoms with Crippen molar-refractivity contribution < 1.29 is 13.7 Å². The second-order valence-corrected chi connectivity index (χ2v) is 6.93. The summed E-state index contributed by atoms with van der Waals surface area (Å²) in [5, 5.41) is 3.96. The normalized spacial score (nSPS) is 18.0. The van der Waals surface area contributed by atoms with E-state index in [9.17, 15) is 4.39 Å². The van der Waals surface area contributed by atoms with Gasteiger partial charge in [-0.2, -0.15) is 4.98 Å². The Hall–Kier alpha value is -1.44. The minimum atomic E-state index is -0.276. The first-order valence-corrected chi connectivity index (χ1v) is 9.31. The van der Waals surface area contributed by atoms with Crippen molar-refractivity contribution in [2.45, 2.75) is 36.9 Å². The summed E-state index contributed by atoms with van der Waals surface area (Å²) in [5.41, 5.74) is 0.604. The van der Waals surface area contributed by atoms with E-state index in [-0.39, 0.29) is 18.0 Å². The molecule has 0 aliphatic carbocycles. The molecule has 1 saturated heterocycles. The van der Waals surface area contributed by atoms with Gasteiger partial charge in [-0.25, -0.2) is 4.39 Å². The topological polar surface area (TPSA) is 51.4 Å². The fourth-order valence-corrected chi connectivity index (χ4v) is 3.25. The maximum atomic E-state index is 13.9. The summed E-state index contributed by atoms with van der Waals surface area (Å²) in [6.45, 7) is 3.98. The van der Waals surface area contributed by atoms with Crippen molar-refractivity contribution in [3.63, 3.8) is 0 Å². The maximum Gasteiger partial charge on any atom is 0.255 e. The highest BCUT2D eigenvalue weighted by molar-refractivity contribution is 7.98. The molecule has 0 radical (unpaired) electrons. The number of thioether (sulfide) groups is 1. The van der Waals surface area contributed by atoms with Crippen LogP contribution < -0.4 is 0 Å². The van der Waals surface area contributed by atoms with Crippen LogP contribution >= 0.6 is 11.8 Å². The van der Waals surface area contributed by atoms with E-state index in [1.807, 2.05) is 13.2 Å². The van der Waals surface area contributed by atoms with Crippen LogP contribution in [0.15, 0.2) is 27.6 Å². The Morgan fingerprint density at radius 1 is 1.38 bits per heavy atom. The second kappa shape index (κ2) is 7.63. The highest BCUT2D eigenvalue weighted by Gasteiger charge is 2.23. The van der Waals surface area contributed by atoms with E-state index >= 15 is 0 Å². The zero-order valence-corrected chi connectivity index (χ0v) is 15.0. The standard InChI is InChI=1S/C17H22FN3O2S/c1-11(22-13-6-8-21(2)9-7-13)17-19-16(20-23-17)12-4-5-15(24-3)14(18)10-12/h4-5,10-11,13H,6-9H2,1-3H3. The number of rotatable bonds is 5. The molecule has 1 fully saturated rings. The van der Waals surface area contributed by atoms with Crippen molar-refractivity contribution in [2.75, 3.05) is 26.4 Å². The summed E-state index contributed by atoms with van der Waals surface area (Å²) in [4.78, 5) is 7.26. The van der Waals surface area contributed by atoms with Crippen molar-refractivity contribution in [3.8, 4) is 11.4 Å². The van der Waals surface area contributed by atoms with Crippen LogP contribution in [0.4, 0.5) is 4.39 Å². The highest BCUT2D eigenvalue weighted by atomic mass is 32.2. The summed E-state index contributed by atoms with van der Waals surface area (Å²) in [6.07, 6.45) is 3.79. The fraction of sp³-hybridized carbons (Fsp3) is 0.529. The molecule has 0 N–H and O–H groups in total. The minimum absolute atomic E-state index is 0.213. The van der Waals surface area contributed by atoms with Gasteiger partial charge in [0.25, 0.3) is 5.89 Å². The molecular formula is C17H22FN3O2S. The van der Waals surface area contributed by atoms with Crippen LogP contribution in [-0.4, -0.2) is 47.5 Å². The first-order chi connectivity index (χ1) is 11.6. The Morgan fingerprint density at radius 3 is 2.79 bits per heavy atom. The molecule has 0 spiro atoms. The van der Waals surface area contributed by atoms with Crippen LogP contribution in [0.25, 0.3) is 11.4 Å². The molecule has 1 aliphatic heterocycles. The van der Waals surface area contributed by atoms with Crippen molar-refractivity contribution >= 4 is 11.8 Å². The smallest absolute Gasteiger partial charge is 0.255 e. The lowest BCUT2D eigenvalue weighted by Gasteiger charge is -2.30. The van der Waals surface area contributed by atoms with Crippen LogP contribution in [0.1, 0.15) is 31.8 Å². The zero-order chi connectivity index (χ0) is 17.1. The van der Waals surface area contributed by atoms with E-state index in [1.165, 1.54) is 17.8 Å². The summed E-state index contributed by atoms with van der Waals surface area (Å²) >= 11 is 1.37.